The number of methoxy groups -OCH3 is 1. The van der Waals surface area contributed by atoms with Gasteiger partial charge in [0.05, 0.1) is 19.3 Å². The molecule has 0 aliphatic heterocycles. The highest BCUT2D eigenvalue weighted by Crippen LogP contribution is 2.31. The zero-order valence-corrected chi connectivity index (χ0v) is 15.1. The summed E-state index contributed by atoms with van der Waals surface area (Å²) in [5.74, 6) is 2.14. The van der Waals surface area contributed by atoms with Crippen molar-refractivity contribution in [2.75, 3.05) is 26.7 Å². The largest absolute Gasteiger partial charge is 0.497 e. The molecule has 1 unspecified atom stereocenters. The Labute approximate surface area is 145 Å². The third-order valence-corrected chi connectivity index (χ3v) is 4.71. The number of nitrogens with one attached hydrogen (secondary N) is 2. The van der Waals surface area contributed by atoms with Gasteiger partial charge in [0.1, 0.15) is 5.75 Å². The van der Waals surface area contributed by atoms with Crippen LogP contribution >= 0.6 is 0 Å². The Hall–Kier alpha value is -1.75. The molecule has 0 aromatic heterocycles. The molecule has 1 saturated carbocycles. The third-order valence-electron chi connectivity index (χ3n) is 4.71. The predicted octanol–water partition coefficient (Wildman–Crippen LogP) is 2.66. The molecule has 1 aromatic carbocycles. The summed E-state index contributed by atoms with van der Waals surface area (Å²) in [6, 6.07) is 8.25. The maximum atomic E-state index is 10.2. The second-order valence-corrected chi connectivity index (χ2v) is 6.66. The van der Waals surface area contributed by atoms with Gasteiger partial charge in [0.2, 0.25) is 0 Å². The minimum absolute atomic E-state index is 0.460. The van der Waals surface area contributed by atoms with Gasteiger partial charge in [-0.05, 0) is 56.2 Å². The number of ether oxygens (including phenoxy) is 1. The van der Waals surface area contributed by atoms with Gasteiger partial charge in [0.25, 0.3) is 0 Å². The quantitative estimate of drug-likeness (QED) is 0.505. The normalized spacial score (nSPS) is 17.8. The maximum Gasteiger partial charge on any atom is 0.191 e. The van der Waals surface area contributed by atoms with E-state index in [0.29, 0.717) is 12.5 Å². The van der Waals surface area contributed by atoms with Crippen molar-refractivity contribution in [3.8, 4) is 5.75 Å². The summed E-state index contributed by atoms with van der Waals surface area (Å²) in [4.78, 5) is 4.53. The predicted molar refractivity (Wildman–Crippen MR) is 98.8 cm³/mol. The van der Waals surface area contributed by atoms with Crippen molar-refractivity contribution in [1.82, 2.24) is 10.6 Å². The van der Waals surface area contributed by atoms with Gasteiger partial charge in [-0.15, -0.1) is 0 Å². The number of guanidine groups is 1. The van der Waals surface area contributed by atoms with Crippen LogP contribution in [0.4, 0.5) is 0 Å². The van der Waals surface area contributed by atoms with Crippen LogP contribution < -0.4 is 15.4 Å². The summed E-state index contributed by atoms with van der Waals surface area (Å²) in [6.07, 6.45) is 3.85. The molecule has 3 N–H and O–H groups in total. The summed E-state index contributed by atoms with van der Waals surface area (Å²) in [6.45, 7) is 6.42. The Bertz CT molecular complexity index is 524. The van der Waals surface area contributed by atoms with E-state index in [1.54, 1.807) is 7.11 Å². The van der Waals surface area contributed by atoms with Crippen LogP contribution in [0.5, 0.6) is 5.75 Å². The van der Waals surface area contributed by atoms with Gasteiger partial charge in [-0.25, -0.2) is 0 Å². The summed E-state index contributed by atoms with van der Waals surface area (Å²) < 4.78 is 5.20. The fourth-order valence-corrected chi connectivity index (χ4v) is 2.82. The molecule has 2 rings (SSSR count). The van der Waals surface area contributed by atoms with Crippen LogP contribution in [0.15, 0.2) is 29.3 Å². The summed E-state index contributed by atoms with van der Waals surface area (Å²) in [5.41, 5.74) is 0.738. The van der Waals surface area contributed by atoms with E-state index in [-0.39, 0.29) is 0 Å². The molecule has 24 heavy (non-hydrogen) atoms. The van der Waals surface area contributed by atoms with Crippen LogP contribution in [0.3, 0.4) is 0 Å². The molecular weight excluding hydrogens is 302 g/mol. The summed E-state index contributed by atoms with van der Waals surface area (Å²) in [7, 11) is 1.68. The molecule has 1 fully saturated rings. The molecule has 0 bridgehead atoms. The average molecular weight is 333 g/mol. The Morgan fingerprint density at radius 2 is 2.00 bits per heavy atom. The van der Waals surface area contributed by atoms with E-state index >= 15 is 0 Å². The van der Waals surface area contributed by atoms with Crippen LogP contribution in [0.2, 0.25) is 0 Å². The highest BCUT2D eigenvalue weighted by molar-refractivity contribution is 5.79. The zero-order valence-electron chi connectivity index (χ0n) is 15.1. The van der Waals surface area contributed by atoms with E-state index in [4.69, 9.17) is 4.74 Å². The number of nitrogens with zero attached hydrogens (tertiary/aromatic N) is 1. The summed E-state index contributed by atoms with van der Waals surface area (Å²) in [5, 5.41) is 16.8. The van der Waals surface area contributed by atoms with E-state index in [0.717, 1.165) is 50.5 Å². The molecule has 1 atom stereocenters. The lowest BCUT2D eigenvalue weighted by atomic mass is 9.80. The molecule has 5 heteroatoms. The van der Waals surface area contributed by atoms with Gasteiger partial charge in [-0.1, -0.05) is 19.1 Å². The molecule has 1 aliphatic carbocycles. The van der Waals surface area contributed by atoms with Crippen LogP contribution in [0.25, 0.3) is 0 Å². The van der Waals surface area contributed by atoms with Crippen molar-refractivity contribution in [3.05, 3.63) is 29.8 Å². The van der Waals surface area contributed by atoms with Gasteiger partial charge < -0.3 is 20.5 Å². The fraction of sp³-hybridized carbons (Fsp3) is 0.632. The second kappa shape index (κ2) is 8.92. The minimum atomic E-state index is -0.571. The third kappa shape index (κ3) is 5.41. The molecule has 0 amide bonds. The molecule has 134 valence electrons. The van der Waals surface area contributed by atoms with Gasteiger partial charge in [-0.3, -0.25) is 4.99 Å². The Morgan fingerprint density at radius 3 is 2.54 bits per heavy atom. The van der Waals surface area contributed by atoms with Crippen molar-refractivity contribution in [3.63, 3.8) is 0 Å². The molecule has 1 aliphatic rings. The monoisotopic (exact) mass is 333 g/mol. The maximum absolute atomic E-state index is 10.2. The highest BCUT2D eigenvalue weighted by atomic mass is 16.5. The lowest BCUT2D eigenvalue weighted by Gasteiger charge is -2.35. The Kier molecular flexibility index (Phi) is 6.91. The van der Waals surface area contributed by atoms with E-state index in [1.165, 1.54) is 5.56 Å². The number of rotatable bonds is 8. The standard InChI is InChI=1S/C19H31N3O2/c1-4-20-18(22-14-19(23)11-5-12-19)21-13-10-15(2)16-6-8-17(24-3)9-7-16/h6-9,15,23H,4-5,10-14H2,1-3H3,(H2,20,21,22). The lowest BCUT2D eigenvalue weighted by Crippen LogP contribution is -2.43. The van der Waals surface area contributed by atoms with Crippen LogP contribution in [0.1, 0.15) is 51.0 Å². The van der Waals surface area contributed by atoms with E-state index in [1.807, 2.05) is 12.1 Å². The molecule has 0 spiro atoms. The number of aliphatic imine (C=N–C) groups is 1. The molecule has 0 radical (unpaired) electrons. The smallest absolute Gasteiger partial charge is 0.191 e. The highest BCUT2D eigenvalue weighted by Gasteiger charge is 2.34. The number of hydrogen-bond donors (Lipinski definition) is 3. The first-order chi connectivity index (χ1) is 11.6. The second-order valence-electron chi connectivity index (χ2n) is 6.66. The van der Waals surface area contributed by atoms with Crippen LogP contribution in [-0.4, -0.2) is 43.4 Å². The molecular formula is C19H31N3O2. The lowest BCUT2D eigenvalue weighted by molar-refractivity contribution is -0.0236. The minimum Gasteiger partial charge on any atom is -0.497 e. The van der Waals surface area contributed by atoms with E-state index in [2.05, 4.69) is 41.6 Å². The zero-order chi connectivity index (χ0) is 17.4. The van der Waals surface area contributed by atoms with Gasteiger partial charge >= 0.3 is 0 Å². The number of aliphatic hydroxyl groups is 1. The number of benzene rings is 1. The van der Waals surface area contributed by atoms with Gasteiger partial charge in [0, 0.05) is 13.1 Å². The van der Waals surface area contributed by atoms with Crippen molar-refractivity contribution < 1.29 is 9.84 Å². The van der Waals surface area contributed by atoms with Crippen molar-refractivity contribution in [1.29, 1.82) is 0 Å². The van der Waals surface area contributed by atoms with E-state index in [9.17, 15) is 5.11 Å². The van der Waals surface area contributed by atoms with Crippen molar-refractivity contribution in [2.24, 2.45) is 4.99 Å². The topological polar surface area (TPSA) is 65.9 Å². The SMILES string of the molecule is CCNC(=NCC1(O)CCC1)NCCC(C)c1ccc(OC)cc1. The number of hydrogen-bond acceptors (Lipinski definition) is 3. The van der Waals surface area contributed by atoms with Crippen LogP contribution in [-0.2, 0) is 0 Å². The Morgan fingerprint density at radius 1 is 1.29 bits per heavy atom. The van der Waals surface area contributed by atoms with Gasteiger partial charge in [-0.2, -0.15) is 0 Å². The molecule has 0 heterocycles. The molecule has 0 saturated heterocycles. The fourth-order valence-electron chi connectivity index (χ4n) is 2.82. The first kappa shape index (κ1) is 18.6. The Balaban J connectivity index is 1.79. The van der Waals surface area contributed by atoms with Crippen molar-refractivity contribution >= 4 is 5.96 Å². The van der Waals surface area contributed by atoms with Gasteiger partial charge in [0.15, 0.2) is 5.96 Å². The first-order valence-electron chi connectivity index (χ1n) is 8.95. The van der Waals surface area contributed by atoms with E-state index < -0.39 is 5.60 Å². The molecule has 1 aromatic rings. The molecule has 5 nitrogen and oxygen atoms in total. The van der Waals surface area contributed by atoms with Crippen molar-refractivity contribution in [2.45, 2.75) is 51.0 Å². The summed E-state index contributed by atoms with van der Waals surface area (Å²) >= 11 is 0. The van der Waals surface area contributed by atoms with Crippen LogP contribution in [0, 0.1) is 0 Å². The first-order valence-corrected chi connectivity index (χ1v) is 8.95. The average Bonchev–Trinajstić information content (AvgIpc) is 2.58.